The molecule has 1 amide bonds. The van der Waals surface area contributed by atoms with E-state index in [4.69, 9.17) is 10.5 Å². The van der Waals surface area contributed by atoms with Crippen molar-refractivity contribution in [3.8, 4) is 0 Å². The highest BCUT2D eigenvalue weighted by Gasteiger charge is 2.22. The monoisotopic (exact) mass is 215 g/mol. The van der Waals surface area contributed by atoms with Crippen LogP contribution in [0.5, 0.6) is 0 Å². The zero-order valence-electron chi connectivity index (χ0n) is 9.37. The number of nitrogens with one attached hydrogen (secondary N) is 1. The summed E-state index contributed by atoms with van der Waals surface area (Å²) in [7, 11) is 0. The van der Waals surface area contributed by atoms with Gasteiger partial charge in [-0.25, -0.2) is 0 Å². The van der Waals surface area contributed by atoms with Crippen LogP contribution in [0.1, 0.15) is 13.3 Å². The summed E-state index contributed by atoms with van der Waals surface area (Å²) in [5.74, 6) is 0.0563. The highest BCUT2D eigenvalue weighted by molar-refractivity contribution is 5.78. The first-order valence-electron chi connectivity index (χ1n) is 5.56. The van der Waals surface area contributed by atoms with Crippen molar-refractivity contribution in [2.45, 2.75) is 19.4 Å². The van der Waals surface area contributed by atoms with Crippen LogP contribution in [0.15, 0.2) is 0 Å². The minimum Gasteiger partial charge on any atom is -0.378 e. The molecule has 0 aromatic rings. The van der Waals surface area contributed by atoms with Gasteiger partial charge in [0.2, 0.25) is 5.91 Å². The summed E-state index contributed by atoms with van der Waals surface area (Å²) in [5, 5.41) is 2.78. The molecule has 0 radical (unpaired) electrons. The molecule has 1 unspecified atom stereocenters. The van der Waals surface area contributed by atoms with Crippen molar-refractivity contribution in [2.75, 3.05) is 39.4 Å². The largest absolute Gasteiger partial charge is 0.378 e. The average molecular weight is 215 g/mol. The Balaban J connectivity index is 2.30. The molecule has 0 bridgehead atoms. The fraction of sp³-hybridized carbons (Fsp3) is 0.900. The zero-order valence-corrected chi connectivity index (χ0v) is 9.37. The van der Waals surface area contributed by atoms with Gasteiger partial charge in [0.05, 0.1) is 19.8 Å². The van der Waals surface area contributed by atoms with E-state index in [0.717, 1.165) is 26.2 Å². The molecule has 1 heterocycles. The van der Waals surface area contributed by atoms with Crippen LogP contribution in [0.25, 0.3) is 0 Å². The van der Waals surface area contributed by atoms with Crippen molar-refractivity contribution in [1.82, 2.24) is 10.2 Å². The number of carbonyl (C=O) groups excluding carboxylic acids is 1. The number of morpholine rings is 1. The second kappa shape index (κ2) is 6.76. The van der Waals surface area contributed by atoms with Crippen LogP contribution < -0.4 is 11.1 Å². The molecule has 0 aromatic heterocycles. The van der Waals surface area contributed by atoms with E-state index in [-0.39, 0.29) is 5.91 Å². The quantitative estimate of drug-likeness (QED) is 0.628. The number of carbonyl (C=O) groups is 1. The number of ether oxygens (including phenoxy) is 1. The van der Waals surface area contributed by atoms with E-state index in [0.29, 0.717) is 25.7 Å². The van der Waals surface area contributed by atoms with Gasteiger partial charge in [0.15, 0.2) is 0 Å². The minimum atomic E-state index is 0.0563. The maximum Gasteiger partial charge on any atom is 0.234 e. The van der Waals surface area contributed by atoms with Crippen LogP contribution in [0.2, 0.25) is 0 Å². The molecule has 1 atom stereocenters. The summed E-state index contributed by atoms with van der Waals surface area (Å²) in [6.07, 6.45) is 1.02. The van der Waals surface area contributed by atoms with Gasteiger partial charge >= 0.3 is 0 Å². The Morgan fingerprint density at radius 3 is 3.13 bits per heavy atom. The first-order valence-corrected chi connectivity index (χ1v) is 5.56. The van der Waals surface area contributed by atoms with E-state index in [1.165, 1.54) is 0 Å². The smallest absolute Gasteiger partial charge is 0.234 e. The van der Waals surface area contributed by atoms with Crippen LogP contribution in [-0.2, 0) is 9.53 Å². The Kier molecular flexibility index (Phi) is 5.60. The zero-order chi connectivity index (χ0) is 11.1. The fourth-order valence-corrected chi connectivity index (χ4v) is 1.73. The normalized spacial score (nSPS) is 22.7. The molecule has 15 heavy (non-hydrogen) atoms. The molecule has 1 fully saturated rings. The summed E-state index contributed by atoms with van der Waals surface area (Å²) < 4.78 is 5.37. The van der Waals surface area contributed by atoms with Gasteiger partial charge in [-0.2, -0.15) is 0 Å². The number of nitrogens with zero attached hydrogens (tertiary/aromatic N) is 1. The molecule has 0 aliphatic carbocycles. The molecule has 5 nitrogen and oxygen atoms in total. The van der Waals surface area contributed by atoms with Crippen LogP contribution in [0, 0.1) is 0 Å². The second-order valence-electron chi connectivity index (χ2n) is 3.75. The lowest BCUT2D eigenvalue weighted by Gasteiger charge is -2.34. The van der Waals surface area contributed by atoms with Crippen LogP contribution >= 0.6 is 0 Å². The number of amides is 1. The van der Waals surface area contributed by atoms with E-state index in [1.807, 2.05) is 0 Å². The summed E-state index contributed by atoms with van der Waals surface area (Å²) in [4.78, 5) is 13.7. The van der Waals surface area contributed by atoms with Gasteiger partial charge in [-0.1, -0.05) is 6.92 Å². The average Bonchev–Trinajstić information content (AvgIpc) is 2.27. The summed E-state index contributed by atoms with van der Waals surface area (Å²) in [5.41, 5.74) is 5.32. The first kappa shape index (κ1) is 12.4. The van der Waals surface area contributed by atoms with Crippen LogP contribution in [0.3, 0.4) is 0 Å². The van der Waals surface area contributed by atoms with Gasteiger partial charge < -0.3 is 15.8 Å². The Morgan fingerprint density at radius 1 is 1.67 bits per heavy atom. The van der Waals surface area contributed by atoms with Gasteiger partial charge in [-0.05, 0) is 6.42 Å². The number of rotatable bonds is 5. The maximum atomic E-state index is 11.5. The van der Waals surface area contributed by atoms with Gasteiger partial charge in [-0.3, -0.25) is 9.69 Å². The number of hydrogen-bond donors (Lipinski definition) is 2. The molecule has 1 aliphatic heterocycles. The summed E-state index contributed by atoms with van der Waals surface area (Å²) >= 11 is 0. The molecule has 3 N–H and O–H groups in total. The molecule has 0 saturated carbocycles. The van der Waals surface area contributed by atoms with E-state index in [9.17, 15) is 4.79 Å². The maximum absolute atomic E-state index is 11.5. The van der Waals surface area contributed by atoms with E-state index in [1.54, 1.807) is 0 Å². The van der Waals surface area contributed by atoms with Gasteiger partial charge in [0.25, 0.3) is 0 Å². The molecular weight excluding hydrogens is 194 g/mol. The third kappa shape index (κ3) is 4.15. The van der Waals surface area contributed by atoms with Crippen molar-refractivity contribution in [3.05, 3.63) is 0 Å². The number of nitrogens with two attached hydrogens (primary N) is 1. The third-order valence-electron chi connectivity index (χ3n) is 2.63. The van der Waals surface area contributed by atoms with E-state index < -0.39 is 0 Å². The van der Waals surface area contributed by atoms with E-state index in [2.05, 4.69) is 17.1 Å². The first-order chi connectivity index (χ1) is 7.27. The number of hydrogen-bond acceptors (Lipinski definition) is 4. The molecule has 1 rings (SSSR count). The van der Waals surface area contributed by atoms with Gasteiger partial charge in [0.1, 0.15) is 0 Å². The minimum absolute atomic E-state index is 0.0563. The summed E-state index contributed by atoms with van der Waals surface area (Å²) in [6, 6.07) is 0.377. The van der Waals surface area contributed by atoms with Crippen molar-refractivity contribution in [2.24, 2.45) is 5.73 Å². The highest BCUT2D eigenvalue weighted by atomic mass is 16.5. The second-order valence-corrected chi connectivity index (χ2v) is 3.75. The lowest BCUT2D eigenvalue weighted by Crippen LogP contribution is -2.49. The van der Waals surface area contributed by atoms with E-state index >= 15 is 0 Å². The predicted molar refractivity (Wildman–Crippen MR) is 58.5 cm³/mol. The fourth-order valence-electron chi connectivity index (χ4n) is 1.73. The van der Waals surface area contributed by atoms with Crippen molar-refractivity contribution in [3.63, 3.8) is 0 Å². The molecule has 1 saturated heterocycles. The Hall–Kier alpha value is -0.650. The standard InChI is InChI=1S/C10H21N3O2/c1-2-9-8-15-6-5-13(9)7-10(14)12-4-3-11/h9H,2-8,11H2,1H3,(H,12,14). The van der Waals surface area contributed by atoms with Crippen LogP contribution in [0.4, 0.5) is 0 Å². The third-order valence-corrected chi connectivity index (χ3v) is 2.63. The topological polar surface area (TPSA) is 67.6 Å². The molecule has 0 aromatic carbocycles. The van der Waals surface area contributed by atoms with Gasteiger partial charge in [0, 0.05) is 25.7 Å². The van der Waals surface area contributed by atoms with Crippen molar-refractivity contribution in [1.29, 1.82) is 0 Å². The lowest BCUT2D eigenvalue weighted by atomic mass is 10.2. The predicted octanol–water partition coefficient (Wildman–Crippen LogP) is -0.828. The molecule has 0 spiro atoms. The van der Waals surface area contributed by atoms with Gasteiger partial charge in [-0.15, -0.1) is 0 Å². The highest BCUT2D eigenvalue weighted by Crippen LogP contribution is 2.09. The molecule has 88 valence electrons. The van der Waals surface area contributed by atoms with Crippen molar-refractivity contribution < 1.29 is 9.53 Å². The Morgan fingerprint density at radius 2 is 2.47 bits per heavy atom. The summed E-state index contributed by atoms with van der Waals surface area (Å²) in [6.45, 7) is 5.92. The molecule has 1 aliphatic rings. The lowest BCUT2D eigenvalue weighted by molar-refractivity contribution is -0.124. The Bertz CT molecular complexity index is 199. The molecule has 5 heteroatoms. The van der Waals surface area contributed by atoms with Crippen LogP contribution in [-0.4, -0.2) is 56.2 Å². The molecular formula is C10H21N3O2. The SMILES string of the molecule is CCC1COCCN1CC(=O)NCCN. The van der Waals surface area contributed by atoms with Crippen molar-refractivity contribution >= 4 is 5.91 Å². The Labute approximate surface area is 90.9 Å².